The van der Waals surface area contributed by atoms with E-state index in [2.05, 4.69) is 44.0 Å². The van der Waals surface area contributed by atoms with Crippen LogP contribution in [0.4, 0.5) is 0 Å². The van der Waals surface area contributed by atoms with Gasteiger partial charge in [0, 0.05) is 19.6 Å². The van der Waals surface area contributed by atoms with Crippen molar-refractivity contribution < 1.29 is 4.74 Å². The van der Waals surface area contributed by atoms with E-state index >= 15 is 0 Å². The van der Waals surface area contributed by atoms with Crippen LogP contribution in [0, 0.1) is 0 Å². The predicted molar refractivity (Wildman–Crippen MR) is 84.5 cm³/mol. The Labute approximate surface area is 128 Å². The molecule has 0 aromatic heterocycles. The molecule has 0 aliphatic rings. The number of hydrogen-bond acceptors (Lipinski definition) is 2. The summed E-state index contributed by atoms with van der Waals surface area (Å²) in [5.41, 5.74) is 0. The van der Waals surface area contributed by atoms with Crippen molar-refractivity contribution in [3.8, 4) is 5.75 Å². The number of halogens is 2. The summed E-state index contributed by atoms with van der Waals surface area (Å²) in [5.74, 6) is 1.83. The minimum absolute atomic E-state index is 0.697. The van der Waals surface area contributed by atoms with E-state index in [1.54, 1.807) is 11.8 Å². The van der Waals surface area contributed by atoms with E-state index in [9.17, 15) is 0 Å². The lowest BCUT2D eigenvalue weighted by molar-refractivity contribution is 0.344. The summed E-state index contributed by atoms with van der Waals surface area (Å²) >= 11 is 8.75. The largest absolute Gasteiger partial charge is 0.493 e. The lowest BCUT2D eigenvalue weighted by atomic mass is 10.3. The van der Waals surface area contributed by atoms with Crippen molar-refractivity contribution in [1.29, 1.82) is 0 Å². The third kappa shape index (κ3) is 4.34. The van der Waals surface area contributed by atoms with Gasteiger partial charge in [-0.25, -0.2) is 0 Å². The van der Waals surface area contributed by atoms with Crippen molar-refractivity contribution in [1.82, 2.24) is 0 Å². The Bertz CT molecular complexity index is 517. The topological polar surface area (TPSA) is 9.23 Å². The molecule has 0 aliphatic heterocycles. The van der Waals surface area contributed by atoms with E-state index in [-0.39, 0.29) is 0 Å². The molecule has 0 saturated carbocycles. The van der Waals surface area contributed by atoms with E-state index < -0.39 is 0 Å². The van der Waals surface area contributed by atoms with Crippen LogP contribution in [0.5, 0.6) is 5.75 Å². The highest BCUT2D eigenvalue weighted by Gasteiger charge is 1.99. The van der Waals surface area contributed by atoms with Crippen molar-refractivity contribution in [2.24, 2.45) is 0 Å². The molecule has 0 aliphatic carbocycles. The summed E-state index contributed by atoms with van der Waals surface area (Å²) in [4.78, 5) is 1.25. The predicted octanol–water partition coefficient (Wildman–Crippen LogP) is 5.38. The van der Waals surface area contributed by atoms with E-state index in [4.69, 9.17) is 4.74 Å². The first-order valence-electron chi connectivity index (χ1n) is 5.51. The summed E-state index contributed by atoms with van der Waals surface area (Å²) in [7, 11) is 0. The van der Waals surface area contributed by atoms with Crippen molar-refractivity contribution in [3.05, 3.63) is 57.5 Å². The molecule has 0 bridgehead atoms. The second-order valence-corrected chi connectivity index (χ2v) is 6.49. The number of rotatable bonds is 5. The molecule has 0 N–H and O–H groups in total. The lowest BCUT2D eigenvalue weighted by Gasteiger charge is -2.07. The van der Waals surface area contributed by atoms with Gasteiger partial charge in [-0.1, -0.05) is 34.1 Å². The molecular weight excluding hydrogens is 376 g/mol. The molecule has 94 valence electrons. The Hall–Kier alpha value is -0.450. The molecule has 0 fully saturated rings. The fraction of sp³-hybridized carbons (Fsp3) is 0.143. The number of ether oxygens (including phenoxy) is 1. The fourth-order valence-corrected chi connectivity index (χ4v) is 3.20. The van der Waals surface area contributed by atoms with Gasteiger partial charge >= 0.3 is 0 Å². The molecule has 4 heteroatoms. The summed E-state index contributed by atoms with van der Waals surface area (Å²) < 4.78 is 7.86. The van der Waals surface area contributed by atoms with Gasteiger partial charge in [0.1, 0.15) is 5.75 Å². The zero-order chi connectivity index (χ0) is 12.8. The Morgan fingerprint density at radius 1 is 1.00 bits per heavy atom. The molecule has 0 saturated heterocycles. The standard InChI is InChI=1S/C14H12Br2OS/c15-11-4-3-5-12(10-11)17-8-9-18-14-7-2-1-6-13(14)16/h1-7,10H,8-9H2. The quantitative estimate of drug-likeness (QED) is 0.502. The first-order valence-corrected chi connectivity index (χ1v) is 8.08. The maximum Gasteiger partial charge on any atom is 0.120 e. The molecule has 2 rings (SSSR count). The van der Waals surface area contributed by atoms with Crippen LogP contribution < -0.4 is 4.74 Å². The van der Waals surface area contributed by atoms with Crippen LogP contribution in [0.2, 0.25) is 0 Å². The molecule has 1 nitrogen and oxygen atoms in total. The van der Waals surface area contributed by atoms with Crippen LogP contribution in [0.3, 0.4) is 0 Å². The van der Waals surface area contributed by atoms with Crippen molar-refractivity contribution in [2.75, 3.05) is 12.4 Å². The van der Waals surface area contributed by atoms with E-state index in [0.29, 0.717) is 6.61 Å². The molecule has 2 aromatic rings. The molecular formula is C14H12Br2OS. The monoisotopic (exact) mass is 386 g/mol. The van der Waals surface area contributed by atoms with Gasteiger partial charge in [-0.2, -0.15) is 0 Å². The Morgan fingerprint density at radius 3 is 2.61 bits per heavy atom. The fourth-order valence-electron chi connectivity index (χ4n) is 1.43. The van der Waals surface area contributed by atoms with Gasteiger partial charge in [-0.3, -0.25) is 0 Å². The SMILES string of the molecule is Brc1cccc(OCCSc2ccccc2Br)c1. The molecule has 0 unspecified atom stereocenters. The maximum atomic E-state index is 5.68. The zero-order valence-corrected chi connectivity index (χ0v) is 13.6. The molecule has 0 spiro atoms. The van der Waals surface area contributed by atoms with Gasteiger partial charge in [-0.15, -0.1) is 11.8 Å². The Morgan fingerprint density at radius 2 is 1.83 bits per heavy atom. The zero-order valence-electron chi connectivity index (χ0n) is 9.61. The number of thioether (sulfide) groups is 1. The average molecular weight is 388 g/mol. The van der Waals surface area contributed by atoms with Crippen molar-refractivity contribution in [2.45, 2.75) is 4.90 Å². The average Bonchev–Trinajstić information content (AvgIpc) is 2.37. The van der Waals surface area contributed by atoms with E-state index in [0.717, 1.165) is 20.4 Å². The van der Waals surface area contributed by atoms with Gasteiger partial charge in [0.05, 0.1) is 6.61 Å². The van der Waals surface area contributed by atoms with Gasteiger partial charge in [0.2, 0.25) is 0 Å². The molecule has 2 aromatic carbocycles. The van der Waals surface area contributed by atoms with Gasteiger partial charge in [-0.05, 0) is 46.3 Å². The highest BCUT2D eigenvalue weighted by atomic mass is 79.9. The second kappa shape index (κ2) is 7.22. The normalized spacial score (nSPS) is 10.3. The first-order chi connectivity index (χ1) is 8.75. The summed E-state index contributed by atoms with van der Waals surface area (Å²) in [6, 6.07) is 16.1. The number of hydrogen-bond donors (Lipinski definition) is 0. The lowest BCUT2D eigenvalue weighted by Crippen LogP contribution is -1.99. The Balaban J connectivity index is 1.78. The third-order valence-corrected chi connectivity index (χ3v) is 4.73. The molecule has 0 heterocycles. The highest BCUT2D eigenvalue weighted by Crippen LogP contribution is 2.27. The van der Waals surface area contributed by atoms with Crippen LogP contribution in [0.1, 0.15) is 0 Å². The molecule has 0 amide bonds. The summed E-state index contributed by atoms with van der Waals surface area (Å²) in [6.45, 7) is 0.697. The number of benzene rings is 2. The van der Waals surface area contributed by atoms with Crippen LogP contribution in [-0.4, -0.2) is 12.4 Å². The van der Waals surface area contributed by atoms with Crippen LogP contribution in [0.25, 0.3) is 0 Å². The van der Waals surface area contributed by atoms with Gasteiger partial charge < -0.3 is 4.74 Å². The minimum atomic E-state index is 0.697. The third-order valence-electron chi connectivity index (χ3n) is 2.24. The molecule has 0 atom stereocenters. The maximum absolute atomic E-state index is 5.68. The van der Waals surface area contributed by atoms with Crippen molar-refractivity contribution in [3.63, 3.8) is 0 Å². The summed E-state index contributed by atoms with van der Waals surface area (Å²) in [6.07, 6.45) is 0. The minimum Gasteiger partial charge on any atom is -0.493 e. The van der Waals surface area contributed by atoms with Crippen LogP contribution >= 0.6 is 43.6 Å². The van der Waals surface area contributed by atoms with E-state index in [1.165, 1.54) is 4.90 Å². The first kappa shape index (κ1) is 14.0. The summed E-state index contributed by atoms with van der Waals surface area (Å²) in [5, 5.41) is 0. The second-order valence-electron chi connectivity index (χ2n) is 3.58. The van der Waals surface area contributed by atoms with E-state index in [1.807, 2.05) is 36.4 Å². The van der Waals surface area contributed by atoms with Gasteiger partial charge in [0.25, 0.3) is 0 Å². The van der Waals surface area contributed by atoms with Gasteiger partial charge in [0.15, 0.2) is 0 Å². The highest BCUT2D eigenvalue weighted by molar-refractivity contribution is 9.10. The Kier molecular flexibility index (Phi) is 5.60. The van der Waals surface area contributed by atoms with Crippen molar-refractivity contribution >= 4 is 43.6 Å². The van der Waals surface area contributed by atoms with Crippen LogP contribution in [-0.2, 0) is 0 Å². The molecule has 0 radical (unpaired) electrons. The van der Waals surface area contributed by atoms with Crippen LogP contribution in [0.15, 0.2) is 62.4 Å². The molecule has 18 heavy (non-hydrogen) atoms. The smallest absolute Gasteiger partial charge is 0.120 e.